The van der Waals surface area contributed by atoms with E-state index in [-0.39, 0.29) is 23.6 Å². The van der Waals surface area contributed by atoms with E-state index in [0.29, 0.717) is 28.4 Å². The van der Waals surface area contributed by atoms with Crippen molar-refractivity contribution in [3.05, 3.63) is 83.3 Å². The third-order valence-electron chi connectivity index (χ3n) is 4.90. The van der Waals surface area contributed by atoms with Gasteiger partial charge in [0.15, 0.2) is 23.0 Å². The lowest BCUT2D eigenvalue weighted by Crippen LogP contribution is -2.23. The number of nitrogens with zero attached hydrogens (tertiary/aromatic N) is 1. The Labute approximate surface area is 208 Å². The minimum absolute atomic E-state index is 0.105. The van der Waals surface area contributed by atoms with Gasteiger partial charge in [0.25, 0.3) is 5.91 Å². The van der Waals surface area contributed by atoms with Crippen molar-refractivity contribution < 1.29 is 33.0 Å². The minimum atomic E-state index is -0.624. The average molecular weight is 488 g/mol. The molecule has 0 atom stereocenters. The van der Waals surface area contributed by atoms with E-state index >= 15 is 0 Å². The molecule has 1 N–H and O–H groups in total. The number of esters is 1. The number of methoxy groups -OCH3 is 3. The van der Waals surface area contributed by atoms with Gasteiger partial charge >= 0.3 is 5.97 Å². The zero-order valence-electron chi connectivity index (χ0n) is 19.9. The maximum atomic E-state index is 12.4. The molecule has 3 rings (SSSR count). The van der Waals surface area contributed by atoms with Gasteiger partial charge < -0.3 is 28.7 Å². The van der Waals surface area contributed by atoms with E-state index in [2.05, 4.69) is 5.32 Å². The summed E-state index contributed by atoms with van der Waals surface area (Å²) in [5.41, 5.74) is 1.12. The van der Waals surface area contributed by atoms with Crippen molar-refractivity contribution in [3.8, 4) is 29.1 Å². The fourth-order valence-electron chi connectivity index (χ4n) is 3.11. The number of nitriles is 1. The van der Waals surface area contributed by atoms with Crippen LogP contribution >= 0.6 is 0 Å². The van der Waals surface area contributed by atoms with Gasteiger partial charge in [-0.2, -0.15) is 5.26 Å². The Morgan fingerprint density at radius 2 is 1.61 bits per heavy atom. The predicted octanol–water partition coefficient (Wildman–Crippen LogP) is 4.15. The van der Waals surface area contributed by atoms with Gasteiger partial charge in [-0.25, -0.2) is 4.79 Å². The minimum Gasteiger partial charge on any atom is -0.493 e. The summed E-state index contributed by atoms with van der Waals surface area (Å²) in [6, 6.07) is 15.2. The summed E-state index contributed by atoms with van der Waals surface area (Å²) in [4.78, 5) is 24.7. The van der Waals surface area contributed by atoms with Crippen molar-refractivity contribution in [1.82, 2.24) is 5.32 Å². The van der Waals surface area contributed by atoms with Gasteiger partial charge in [-0.05, 0) is 59.7 Å². The molecule has 0 saturated carbocycles. The summed E-state index contributed by atoms with van der Waals surface area (Å²) in [6.07, 6.45) is 5.75. The van der Waals surface area contributed by atoms with Crippen LogP contribution in [0.5, 0.6) is 23.0 Å². The second kappa shape index (κ2) is 12.5. The first kappa shape index (κ1) is 25.6. The molecule has 0 spiro atoms. The zero-order chi connectivity index (χ0) is 25.9. The van der Waals surface area contributed by atoms with E-state index in [0.717, 1.165) is 0 Å². The van der Waals surface area contributed by atoms with Crippen molar-refractivity contribution in [3.63, 3.8) is 0 Å². The van der Waals surface area contributed by atoms with Crippen LogP contribution in [0.1, 0.15) is 16.9 Å². The van der Waals surface area contributed by atoms with Gasteiger partial charge in [-0.15, -0.1) is 0 Å². The fourth-order valence-corrected chi connectivity index (χ4v) is 3.11. The first-order chi connectivity index (χ1) is 17.5. The van der Waals surface area contributed by atoms with Crippen molar-refractivity contribution in [2.75, 3.05) is 21.3 Å². The normalized spacial score (nSPS) is 11.0. The molecule has 9 nitrogen and oxygen atoms in total. The molecule has 1 amide bonds. The van der Waals surface area contributed by atoms with Gasteiger partial charge in [0.1, 0.15) is 17.4 Å². The molecule has 1 aromatic heterocycles. The molecule has 0 bridgehead atoms. The van der Waals surface area contributed by atoms with Gasteiger partial charge in [0.05, 0.1) is 34.1 Å². The van der Waals surface area contributed by atoms with Crippen LogP contribution in [0.2, 0.25) is 0 Å². The Hall–Kier alpha value is -4.97. The summed E-state index contributed by atoms with van der Waals surface area (Å²) in [7, 11) is 4.48. The zero-order valence-corrected chi connectivity index (χ0v) is 19.9. The molecule has 0 fully saturated rings. The van der Waals surface area contributed by atoms with Crippen molar-refractivity contribution in [2.45, 2.75) is 6.54 Å². The van der Waals surface area contributed by atoms with Crippen LogP contribution in [0.25, 0.3) is 12.2 Å². The van der Waals surface area contributed by atoms with Gasteiger partial charge in [-0.1, -0.05) is 12.1 Å². The van der Waals surface area contributed by atoms with Crippen LogP contribution in [-0.4, -0.2) is 33.2 Å². The number of ether oxygens (including phenoxy) is 4. The molecule has 0 aliphatic rings. The molecule has 184 valence electrons. The monoisotopic (exact) mass is 488 g/mol. The lowest BCUT2D eigenvalue weighted by molar-refractivity contribution is -0.129. The highest BCUT2D eigenvalue weighted by Gasteiger charge is 2.13. The standard InChI is InChI=1S/C27H24N2O7/c1-32-22-9-6-18(14-24(22)33-2)8-11-26(30)36-23-10-7-19(15-25(23)34-3)13-20(16-28)27(31)29-17-21-5-4-12-35-21/h4-15H,17H2,1-3H3,(H,29,31)/b11-8+,20-13+. The Balaban J connectivity index is 1.69. The molecule has 9 heteroatoms. The number of furan rings is 1. The van der Waals surface area contributed by atoms with Crippen LogP contribution < -0.4 is 24.3 Å². The molecule has 36 heavy (non-hydrogen) atoms. The van der Waals surface area contributed by atoms with Gasteiger partial charge in [0.2, 0.25) is 0 Å². The van der Waals surface area contributed by atoms with E-state index in [9.17, 15) is 14.9 Å². The first-order valence-corrected chi connectivity index (χ1v) is 10.7. The quantitative estimate of drug-likeness (QED) is 0.196. The van der Waals surface area contributed by atoms with Crippen molar-refractivity contribution in [2.24, 2.45) is 0 Å². The van der Waals surface area contributed by atoms with Crippen molar-refractivity contribution in [1.29, 1.82) is 5.26 Å². The highest BCUT2D eigenvalue weighted by Crippen LogP contribution is 2.30. The molecule has 3 aromatic rings. The second-order valence-corrected chi connectivity index (χ2v) is 7.21. The SMILES string of the molecule is COc1ccc(/C=C/C(=O)Oc2ccc(/C=C(\C#N)C(=O)NCc3ccco3)cc2OC)cc1OC. The van der Waals surface area contributed by atoms with E-state index in [4.69, 9.17) is 23.4 Å². The highest BCUT2D eigenvalue weighted by atomic mass is 16.6. The van der Waals surface area contributed by atoms with E-state index in [1.807, 2.05) is 6.07 Å². The molecule has 0 radical (unpaired) electrons. The summed E-state index contributed by atoms with van der Waals surface area (Å²) < 4.78 is 26.3. The van der Waals surface area contributed by atoms with Crippen LogP contribution in [0, 0.1) is 11.3 Å². The largest absolute Gasteiger partial charge is 0.493 e. The number of carbonyl (C=O) groups is 2. The molecular weight excluding hydrogens is 464 g/mol. The molecule has 1 heterocycles. The Bertz CT molecular complexity index is 1320. The van der Waals surface area contributed by atoms with Gasteiger partial charge in [-0.3, -0.25) is 4.79 Å². The molecule has 2 aromatic carbocycles. The molecule has 0 unspecified atom stereocenters. The number of nitrogens with one attached hydrogen (secondary N) is 1. The third-order valence-corrected chi connectivity index (χ3v) is 4.90. The third kappa shape index (κ3) is 6.77. The summed E-state index contributed by atoms with van der Waals surface area (Å²) in [6.45, 7) is 0.153. The second-order valence-electron chi connectivity index (χ2n) is 7.21. The summed E-state index contributed by atoms with van der Waals surface area (Å²) in [5, 5.41) is 12.0. The number of carbonyl (C=O) groups excluding carboxylic acids is 2. The maximum Gasteiger partial charge on any atom is 0.336 e. The number of hydrogen-bond acceptors (Lipinski definition) is 8. The lowest BCUT2D eigenvalue weighted by atomic mass is 10.1. The Morgan fingerprint density at radius 3 is 2.28 bits per heavy atom. The maximum absolute atomic E-state index is 12.4. The van der Waals surface area contributed by atoms with E-state index < -0.39 is 11.9 Å². The molecule has 0 saturated heterocycles. The smallest absolute Gasteiger partial charge is 0.336 e. The Kier molecular flexibility index (Phi) is 8.89. The van der Waals surface area contributed by atoms with E-state index in [1.54, 1.807) is 48.5 Å². The van der Waals surface area contributed by atoms with Crippen LogP contribution in [0.3, 0.4) is 0 Å². The molecule has 0 aliphatic carbocycles. The summed E-state index contributed by atoms with van der Waals surface area (Å²) >= 11 is 0. The number of rotatable bonds is 10. The highest BCUT2D eigenvalue weighted by molar-refractivity contribution is 6.01. The summed E-state index contributed by atoms with van der Waals surface area (Å²) in [5.74, 6) is 0.927. The first-order valence-electron chi connectivity index (χ1n) is 10.7. The fraction of sp³-hybridized carbons (Fsp3) is 0.148. The van der Waals surface area contributed by atoms with Crippen LogP contribution in [0.15, 0.2) is 70.9 Å². The molecule has 0 aliphatic heterocycles. The number of hydrogen-bond donors (Lipinski definition) is 1. The molecular formula is C27H24N2O7. The van der Waals surface area contributed by atoms with Crippen LogP contribution in [0.4, 0.5) is 0 Å². The van der Waals surface area contributed by atoms with Crippen LogP contribution in [-0.2, 0) is 16.1 Å². The Morgan fingerprint density at radius 1 is 0.944 bits per heavy atom. The van der Waals surface area contributed by atoms with Crippen molar-refractivity contribution >= 4 is 24.0 Å². The topological polar surface area (TPSA) is 120 Å². The number of amides is 1. The number of benzene rings is 2. The average Bonchev–Trinajstić information content (AvgIpc) is 3.43. The van der Waals surface area contributed by atoms with Gasteiger partial charge in [0, 0.05) is 6.08 Å². The van der Waals surface area contributed by atoms with E-state index in [1.165, 1.54) is 45.8 Å². The lowest BCUT2D eigenvalue weighted by Gasteiger charge is -2.09. The predicted molar refractivity (Wildman–Crippen MR) is 131 cm³/mol.